The summed E-state index contributed by atoms with van der Waals surface area (Å²) in [6, 6.07) is 7.36. The van der Waals surface area contributed by atoms with E-state index in [0.717, 1.165) is 12.1 Å². The molecule has 2 rings (SSSR count). The third-order valence-electron chi connectivity index (χ3n) is 3.06. The molecule has 0 bridgehead atoms. The second-order valence-corrected chi connectivity index (χ2v) is 9.80. The number of rotatable bonds is 6. The summed E-state index contributed by atoms with van der Waals surface area (Å²) in [5, 5.41) is 0.498. The van der Waals surface area contributed by atoms with Gasteiger partial charge in [-0.05, 0) is 36.4 Å². The predicted octanol–water partition coefficient (Wildman–Crippen LogP) is 4.41. The Labute approximate surface area is 182 Å². The van der Waals surface area contributed by atoms with Gasteiger partial charge in [-0.25, -0.2) is 0 Å². The first kappa shape index (κ1) is 23.3. The number of hydrogen-bond donors (Lipinski definition) is 0. The summed E-state index contributed by atoms with van der Waals surface area (Å²) in [4.78, 5) is -0.385. The van der Waals surface area contributed by atoms with Gasteiger partial charge in [0.25, 0.3) is 20.2 Å². The van der Waals surface area contributed by atoms with Crippen molar-refractivity contribution in [2.75, 3.05) is 13.2 Å². The van der Waals surface area contributed by atoms with E-state index in [1.165, 1.54) is 24.3 Å². The summed E-state index contributed by atoms with van der Waals surface area (Å²) >= 11 is 23.0. The van der Waals surface area contributed by atoms with Gasteiger partial charge in [0.1, 0.15) is 13.2 Å². The molecule has 2 aromatic carbocycles. The van der Waals surface area contributed by atoms with Crippen LogP contribution in [0.5, 0.6) is 0 Å². The summed E-state index contributed by atoms with van der Waals surface area (Å²) in [5.74, 6) is 4.67. The predicted molar refractivity (Wildman–Crippen MR) is 107 cm³/mol. The molecule has 0 spiro atoms. The Morgan fingerprint density at radius 1 is 0.643 bits per heavy atom. The van der Waals surface area contributed by atoms with E-state index in [1.54, 1.807) is 0 Å². The molecule has 0 saturated heterocycles. The molecule has 0 amide bonds. The average Bonchev–Trinajstić information content (AvgIpc) is 2.62. The minimum atomic E-state index is -4.10. The molecule has 0 unspecified atom stereocenters. The van der Waals surface area contributed by atoms with Gasteiger partial charge in [-0.2, -0.15) is 16.8 Å². The Balaban J connectivity index is 1.92. The summed E-state index contributed by atoms with van der Waals surface area (Å²) < 4.78 is 57.4. The second kappa shape index (κ2) is 9.65. The minimum Gasteiger partial charge on any atom is -0.253 e. The van der Waals surface area contributed by atoms with Crippen molar-refractivity contribution in [3.8, 4) is 11.8 Å². The van der Waals surface area contributed by atoms with E-state index in [-0.39, 0.29) is 29.9 Å². The fourth-order valence-corrected chi connectivity index (χ4v) is 4.14. The maximum atomic E-state index is 12.0. The van der Waals surface area contributed by atoms with Crippen LogP contribution >= 0.6 is 46.4 Å². The van der Waals surface area contributed by atoms with Gasteiger partial charge < -0.3 is 0 Å². The lowest BCUT2D eigenvalue weighted by Gasteiger charge is -2.04. The van der Waals surface area contributed by atoms with Gasteiger partial charge in [0.2, 0.25) is 0 Å². The first-order chi connectivity index (χ1) is 13.0. The van der Waals surface area contributed by atoms with Crippen molar-refractivity contribution in [1.82, 2.24) is 0 Å². The number of hydrogen-bond acceptors (Lipinski definition) is 6. The van der Waals surface area contributed by atoms with Crippen molar-refractivity contribution in [1.29, 1.82) is 0 Å². The van der Waals surface area contributed by atoms with Gasteiger partial charge in [0, 0.05) is 0 Å². The Kier molecular flexibility index (Phi) is 8.02. The molecular weight excluding hydrogens is 494 g/mol. The van der Waals surface area contributed by atoms with Gasteiger partial charge in [-0.1, -0.05) is 58.2 Å². The molecular formula is C16H10Cl4O6S2. The Morgan fingerprint density at radius 2 is 1.00 bits per heavy atom. The summed E-state index contributed by atoms with van der Waals surface area (Å²) in [5.41, 5.74) is 0. The van der Waals surface area contributed by atoms with E-state index in [2.05, 4.69) is 11.8 Å². The van der Waals surface area contributed by atoms with Gasteiger partial charge in [-0.15, -0.1) is 0 Å². The standard InChI is InChI=1S/C16H10Cl4O6S2/c17-13-5-3-11(9-15(13)19)27(21,22)25-7-1-2-8-26-28(23,24)12-4-6-14(18)16(20)10-12/h3-6,9-10H,7-8H2. The quantitative estimate of drug-likeness (QED) is 0.428. The fourth-order valence-electron chi connectivity index (χ4n) is 1.72. The Hall–Kier alpha value is -1.02. The monoisotopic (exact) mass is 502 g/mol. The molecule has 12 heteroatoms. The van der Waals surface area contributed by atoms with E-state index >= 15 is 0 Å². The highest BCUT2D eigenvalue weighted by Gasteiger charge is 2.17. The molecule has 0 radical (unpaired) electrons. The highest BCUT2D eigenvalue weighted by atomic mass is 35.5. The van der Waals surface area contributed by atoms with Crippen LogP contribution in [-0.4, -0.2) is 30.0 Å². The SMILES string of the molecule is O=S(=O)(OCC#CCOS(=O)(=O)c1ccc(Cl)c(Cl)c1)c1ccc(Cl)c(Cl)c1. The van der Waals surface area contributed by atoms with Crippen LogP contribution in [0, 0.1) is 11.8 Å². The molecule has 0 aliphatic rings. The second-order valence-electron chi connectivity index (χ2n) is 4.94. The smallest absolute Gasteiger partial charge is 0.253 e. The number of benzene rings is 2. The molecule has 2 aromatic rings. The van der Waals surface area contributed by atoms with Crippen LogP contribution < -0.4 is 0 Å². The summed E-state index contributed by atoms with van der Waals surface area (Å²) in [6.45, 7) is -1.03. The maximum absolute atomic E-state index is 12.0. The number of halogens is 4. The van der Waals surface area contributed by atoms with Gasteiger partial charge in [-0.3, -0.25) is 8.37 Å². The molecule has 0 heterocycles. The van der Waals surface area contributed by atoms with Crippen LogP contribution in [0.15, 0.2) is 46.2 Å². The minimum absolute atomic E-state index is 0.0540. The zero-order valence-corrected chi connectivity index (χ0v) is 18.3. The van der Waals surface area contributed by atoms with E-state index in [9.17, 15) is 16.8 Å². The van der Waals surface area contributed by atoms with Crippen LogP contribution in [0.1, 0.15) is 0 Å². The molecule has 0 aromatic heterocycles. The zero-order chi connectivity index (χ0) is 20.9. The lowest BCUT2D eigenvalue weighted by atomic mass is 10.4. The van der Waals surface area contributed by atoms with Crippen molar-refractivity contribution in [2.24, 2.45) is 0 Å². The fraction of sp³-hybridized carbons (Fsp3) is 0.125. The first-order valence-corrected chi connectivity index (χ1v) is 11.5. The molecule has 28 heavy (non-hydrogen) atoms. The van der Waals surface area contributed by atoms with Gasteiger partial charge in [0.05, 0.1) is 29.9 Å². The van der Waals surface area contributed by atoms with Crippen molar-refractivity contribution in [3.05, 3.63) is 56.5 Å². The third kappa shape index (κ3) is 6.24. The van der Waals surface area contributed by atoms with Crippen molar-refractivity contribution >= 4 is 66.6 Å². The Morgan fingerprint density at radius 3 is 1.32 bits per heavy atom. The van der Waals surface area contributed by atoms with Crippen LogP contribution in [0.2, 0.25) is 20.1 Å². The van der Waals surface area contributed by atoms with Gasteiger partial charge in [0.15, 0.2) is 0 Å². The molecule has 6 nitrogen and oxygen atoms in total. The molecule has 0 aliphatic heterocycles. The van der Waals surface area contributed by atoms with Crippen molar-refractivity contribution < 1.29 is 25.2 Å². The zero-order valence-electron chi connectivity index (χ0n) is 13.7. The first-order valence-electron chi connectivity index (χ1n) is 7.17. The third-order valence-corrected chi connectivity index (χ3v) is 7.05. The lowest BCUT2D eigenvalue weighted by Crippen LogP contribution is -2.08. The van der Waals surface area contributed by atoms with E-state index in [0.29, 0.717) is 0 Å². The Bertz CT molecular complexity index is 1060. The topological polar surface area (TPSA) is 86.7 Å². The molecule has 0 aliphatic carbocycles. The van der Waals surface area contributed by atoms with Crippen LogP contribution in [-0.2, 0) is 28.6 Å². The average molecular weight is 504 g/mol. The van der Waals surface area contributed by atoms with E-state index in [4.69, 9.17) is 54.8 Å². The summed E-state index contributed by atoms with van der Waals surface area (Å²) in [7, 11) is -8.20. The molecule has 0 saturated carbocycles. The molecule has 150 valence electrons. The molecule has 0 atom stereocenters. The van der Waals surface area contributed by atoms with E-state index < -0.39 is 33.5 Å². The highest BCUT2D eigenvalue weighted by molar-refractivity contribution is 7.87. The maximum Gasteiger partial charge on any atom is 0.297 e. The molecule has 0 N–H and O–H groups in total. The largest absolute Gasteiger partial charge is 0.297 e. The van der Waals surface area contributed by atoms with Crippen LogP contribution in [0.4, 0.5) is 0 Å². The highest BCUT2D eigenvalue weighted by Crippen LogP contribution is 2.26. The van der Waals surface area contributed by atoms with Gasteiger partial charge >= 0.3 is 0 Å². The van der Waals surface area contributed by atoms with Crippen molar-refractivity contribution in [2.45, 2.75) is 9.79 Å². The lowest BCUT2D eigenvalue weighted by molar-refractivity contribution is 0.355. The van der Waals surface area contributed by atoms with Crippen molar-refractivity contribution in [3.63, 3.8) is 0 Å². The van der Waals surface area contributed by atoms with E-state index in [1.807, 2.05) is 0 Å². The van der Waals surface area contributed by atoms with Crippen LogP contribution in [0.3, 0.4) is 0 Å². The summed E-state index contributed by atoms with van der Waals surface area (Å²) in [6.07, 6.45) is 0. The molecule has 0 fully saturated rings. The normalized spacial score (nSPS) is 11.7. The van der Waals surface area contributed by atoms with Crippen LogP contribution in [0.25, 0.3) is 0 Å².